The number of fused-ring (bicyclic) bond motifs is 2. The average molecular weight is 308 g/mol. The number of methoxy groups -OCH3 is 1. The van der Waals surface area contributed by atoms with E-state index in [1.807, 2.05) is 18.3 Å². The topological polar surface area (TPSA) is 43.2 Å². The van der Waals surface area contributed by atoms with Gasteiger partial charge in [-0.3, -0.25) is 14.6 Å². The number of ether oxygens (including phenoxy) is 1. The van der Waals surface area contributed by atoms with Crippen molar-refractivity contribution in [2.45, 2.75) is 19.1 Å². The molecule has 0 bridgehead atoms. The highest BCUT2D eigenvalue weighted by molar-refractivity contribution is 5.78. The Morgan fingerprint density at radius 1 is 1.17 bits per heavy atom. The van der Waals surface area contributed by atoms with Gasteiger partial charge in [0.25, 0.3) is 0 Å². The van der Waals surface area contributed by atoms with E-state index >= 15 is 0 Å². The summed E-state index contributed by atoms with van der Waals surface area (Å²) in [5.74, 6) is 0. The molecule has 0 saturated heterocycles. The van der Waals surface area contributed by atoms with E-state index in [2.05, 4.69) is 45.0 Å². The lowest BCUT2D eigenvalue weighted by Crippen LogP contribution is -2.39. The second kappa shape index (κ2) is 6.10. The summed E-state index contributed by atoms with van der Waals surface area (Å²) in [6, 6.07) is 14.9. The predicted octanol–water partition coefficient (Wildman–Crippen LogP) is 2.63. The smallest absolute Gasteiger partial charge is 0.0883 e. The lowest BCUT2D eigenvalue weighted by Gasteiger charge is -2.33. The van der Waals surface area contributed by atoms with Crippen LogP contribution in [0.25, 0.3) is 10.9 Å². The van der Waals surface area contributed by atoms with Gasteiger partial charge in [0.15, 0.2) is 0 Å². The van der Waals surface area contributed by atoms with Gasteiger partial charge >= 0.3 is 0 Å². The number of aromatic nitrogens is 3. The lowest BCUT2D eigenvalue weighted by atomic mass is 10.1. The molecule has 5 nitrogen and oxygen atoms in total. The Labute approximate surface area is 135 Å². The van der Waals surface area contributed by atoms with Crippen molar-refractivity contribution in [1.82, 2.24) is 19.7 Å². The lowest BCUT2D eigenvalue weighted by molar-refractivity contribution is 0.0902. The van der Waals surface area contributed by atoms with Crippen LogP contribution in [0.5, 0.6) is 0 Å². The van der Waals surface area contributed by atoms with E-state index in [-0.39, 0.29) is 6.04 Å². The van der Waals surface area contributed by atoms with Crippen LogP contribution in [0.2, 0.25) is 0 Å². The molecule has 1 aromatic carbocycles. The number of para-hydroxylation sites is 1. The van der Waals surface area contributed by atoms with Crippen molar-refractivity contribution in [3.63, 3.8) is 0 Å². The molecule has 3 heterocycles. The zero-order chi connectivity index (χ0) is 15.6. The zero-order valence-corrected chi connectivity index (χ0v) is 13.2. The van der Waals surface area contributed by atoms with Crippen LogP contribution in [0.3, 0.4) is 0 Å². The Morgan fingerprint density at radius 3 is 3.00 bits per heavy atom. The molecule has 1 unspecified atom stereocenters. The van der Waals surface area contributed by atoms with E-state index in [1.165, 1.54) is 11.1 Å². The fraction of sp³-hybridized carbons (Fsp3) is 0.333. The highest BCUT2D eigenvalue weighted by Gasteiger charge is 2.25. The van der Waals surface area contributed by atoms with Gasteiger partial charge in [-0.2, -0.15) is 5.10 Å². The minimum absolute atomic E-state index is 0.263. The van der Waals surface area contributed by atoms with Crippen molar-refractivity contribution in [2.75, 3.05) is 20.3 Å². The van der Waals surface area contributed by atoms with Gasteiger partial charge in [-0.15, -0.1) is 0 Å². The maximum Gasteiger partial charge on any atom is 0.0883 e. The van der Waals surface area contributed by atoms with E-state index in [4.69, 9.17) is 9.72 Å². The molecule has 0 aliphatic carbocycles. The van der Waals surface area contributed by atoms with E-state index in [1.54, 1.807) is 7.11 Å². The minimum Gasteiger partial charge on any atom is -0.382 e. The van der Waals surface area contributed by atoms with Crippen LogP contribution in [0.15, 0.2) is 48.7 Å². The second-order valence-electron chi connectivity index (χ2n) is 6.04. The van der Waals surface area contributed by atoms with Gasteiger partial charge in [-0.25, -0.2) is 0 Å². The Morgan fingerprint density at radius 2 is 2.09 bits per heavy atom. The van der Waals surface area contributed by atoms with E-state index < -0.39 is 0 Å². The van der Waals surface area contributed by atoms with Crippen LogP contribution < -0.4 is 0 Å². The molecule has 0 N–H and O–H groups in total. The number of hydrogen-bond acceptors (Lipinski definition) is 4. The summed E-state index contributed by atoms with van der Waals surface area (Å²) in [6.45, 7) is 3.35. The maximum atomic E-state index is 5.36. The first-order valence-electron chi connectivity index (χ1n) is 7.92. The number of pyridine rings is 1. The molecule has 0 radical (unpaired) electrons. The van der Waals surface area contributed by atoms with Crippen molar-refractivity contribution >= 4 is 10.9 Å². The number of benzene rings is 1. The first kappa shape index (κ1) is 14.4. The Kier molecular flexibility index (Phi) is 3.81. The Bertz CT molecular complexity index is 813. The van der Waals surface area contributed by atoms with Gasteiger partial charge in [-0.1, -0.05) is 24.3 Å². The quantitative estimate of drug-likeness (QED) is 0.743. The molecule has 0 fully saturated rings. The molecule has 4 rings (SSSR count). The third-order valence-corrected chi connectivity index (χ3v) is 4.35. The number of hydrogen-bond donors (Lipinski definition) is 0. The minimum atomic E-state index is 0.263. The first-order chi connectivity index (χ1) is 11.3. The van der Waals surface area contributed by atoms with E-state index in [0.717, 1.165) is 30.8 Å². The van der Waals surface area contributed by atoms with Crippen molar-refractivity contribution < 1.29 is 4.74 Å². The zero-order valence-electron chi connectivity index (χ0n) is 13.2. The molecule has 1 atom stereocenters. The first-order valence-corrected chi connectivity index (χ1v) is 7.92. The van der Waals surface area contributed by atoms with E-state index in [0.29, 0.717) is 6.61 Å². The van der Waals surface area contributed by atoms with Crippen molar-refractivity contribution in [1.29, 1.82) is 0 Å². The molecular weight excluding hydrogens is 288 g/mol. The molecule has 1 aliphatic rings. The van der Waals surface area contributed by atoms with Gasteiger partial charge in [0.2, 0.25) is 0 Å². The summed E-state index contributed by atoms with van der Waals surface area (Å²) in [4.78, 5) is 7.20. The monoisotopic (exact) mass is 308 g/mol. The van der Waals surface area contributed by atoms with Crippen LogP contribution >= 0.6 is 0 Å². The van der Waals surface area contributed by atoms with Gasteiger partial charge < -0.3 is 4.74 Å². The third-order valence-electron chi connectivity index (χ3n) is 4.35. The summed E-state index contributed by atoms with van der Waals surface area (Å²) in [7, 11) is 1.74. The summed E-state index contributed by atoms with van der Waals surface area (Å²) >= 11 is 0. The van der Waals surface area contributed by atoms with Crippen LogP contribution in [-0.2, 0) is 17.8 Å². The van der Waals surface area contributed by atoms with Gasteiger partial charge in [0.05, 0.1) is 29.6 Å². The summed E-state index contributed by atoms with van der Waals surface area (Å²) < 4.78 is 7.45. The summed E-state index contributed by atoms with van der Waals surface area (Å²) in [6.07, 6.45) is 1.87. The summed E-state index contributed by atoms with van der Waals surface area (Å²) in [5, 5.41) is 5.62. The number of rotatable bonds is 4. The standard InChI is InChI=1S/C18H20N4O/c1-23-13-17-12-21(11-16-8-9-19-22(16)17)10-15-7-6-14-4-2-3-5-18(14)20-15/h2-9,17H,10-13H2,1H3. The molecule has 2 aromatic heterocycles. The maximum absolute atomic E-state index is 5.36. The third kappa shape index (κ3) is 2.85. The predicted molar refractivity (Wildman–Crippen MR) is 89.0 cm³/mol. The largest absolute Gasteiger partial charge is 0.382 e. The van der Waals surface area contributed by atoms with Crippen LogP contribution in [0, 0.1) is 0 Å². The molecule has 1 aliphatic heterocycles. The molecule has 0 amide bonds. The fourth-order valence-electron chi connectivity index (χ4n) is 3.33. The Balaban J connectivity index is 1.56. The van der Waals surface area contributed by atoms with Crippen LogP contribution in [0.1, 0.15) is 17.4 Å². The highest BCUT2D eigenvalue weighted by atomic mass is 16.5. The SMILES string of the molecule is COCC1CN(Cc2ccc3ccccc3n2)Cc2ccnn21. The number of nitrogens with zero attached hydrogens (tertiary/aromatic N) is 4. The highest BCUT2D eigenvalue weighted by Crippen LogP contribution is 2.22. The fourth-order valence-corrected chi connectivity index (χ4v) is 3.33. The van der Waals surface area contributed by atoms with Gasteiger partial charge in [-0.05, 0) is 18.2 Å². The average Bonchev–Trinajstić information content (AvgIpc) is 3.04. The molecule has 3 aromatic rings. The van der Waals surface area contributed by atoms with E-state index in [9.17, 15) is 0 Å². The van der Waals surface area contributed by atoms with Crippen molar-refractivity contribution in [3.8, 4) is 0 Å². The Hall–Kier alpha value is -2.24. The molecule has 0 spiro atoms. The molecule has 0 saturated carbocycles. The normalized spacial score (nSPS) is 18.2. The van der Waals surface area contributed by atoms with Crippen LogP contribution in [-0.4, -0.2) is 39.9 Å². The summed E-state index contributed by atoms with van der Waals surface area (Å²) in [5.41, 5.74) is 3.40. The molecular formula is C18H20N4O. The van der Waals surface area contributed by atoms with Crippen molar-refractivity contribution in [2.24, 2.45) is 0 Å². The molecule has 23 heavy (non-hydrogen) atoms. The van der Waals surface area contributed by atoms with Gasteiger partial charge in [0.1, 0.15) is 0 Å². The molecule has 118 valence electrons. The van der Waals surface area contributed by atoms with Crippen LogP contribution in [0.4, 0.5) is 0 Å². The van der Waals surface area contributed by atoms with Gasteiger partial charge in [0, 0.05) is 38.3 Å². The molecule has 5 heteroatoms. The van der Waals surface area contributed by atoms with Crippen molar-refractivity contribution in [3.05, 3.63) is 60.0 Å². The second-order valence-corrected chi connectivity index (χ2v) is 6.04.